The van der Waals surface area contributed by atoms with Crippen molar-refractivity contribution >= 4 is 0 Å². The Balaban J connectivity index is 2.41. The highest BCUT2D eigenvalue weighted by molar-refractivity contribution is 5.87. The molecule has 3 nitrogen and oxygen atoms in total. The summed E-state index contributed by atoms with van der Waals surface area (Å²) in [5, 5.41) is 16.8. The van der Waals surface area contributed by atoms with E-state index in [1.165, 1.54) is 12.3 Å². The van der Waals surface area contributed by atoms with Gasteiger partial charge in [-0.15, -0.1) is 5.10 Å². The van der Waals surface area contributed by atoms with E-state index in [1.54, 1.807) is 0 Å². The van der Waals surface area contributed by atoms with Crippen molar-refractivity contribution in [3.8, 4) is 28.3 Å². The van der Waals surface area contributed by atoms with Crippen LogP contribution in [0.2, 0.25) is 0 Å². The van der Waals surface area contributed by atoms with Gasteiger partial charge in [0.05, 0.1) is 11.8 Å². The number of hydrogen-bond acceptors (Lipinski definition) is 3. The summed E-state index contributed by atoms with van der Waals surface area (Å²) in [6.07, 6.45) is 1.42. The molecule has 0 saturated carbocycles. The van der Waals surface area contributed by atoms with Crippen LogP contribution in [0.1, 0.15) is 11.3 Å². The molecular weight excluding hydrogens is 296 g/mol. The standard InChI is InChI=1S/C18H11F2N3/c1-11-5-2-3-6-12(11)13-10-22-23-16(9-21)17(13)18-14(19)7-4-8-15(18)20/h2-8,10H,1H3. The average Bonchev–Trinajstić information content (AvgIpc) is 2.55. The van der Waals surface area contributed by atoms with E-state index >= 15 is 0 Å². The van der Waals surface area contributed by atoms with Gasteiger partial charge in [0, 0.05) is 11.1 Å². The maximum absolute atomic E-state index is 14.3. The van der Waals surface area contributed by atoms with Crippen molar-refractivity contribution in [1.82, 2.24) is 10.2 Å². The summed E-state index contributed by atoms with van der Waals surface area (Å²) in [6.45, 7) is 1.88. The molecule has 1 aromatic heterocycles. The van der Waals surface area contributed by atoms with Crippen molar-refractivity contribution in [1.29, 1.82) is 5.26 Å². The summed E-state index contributed by atoms with van der Waals surface area (Å²) in [6, 6.07) is 12.8. The molecule has 0 N–H and O–H groups in total. The molecule has 0 saturated heterocycles. The number of halogens is 2. The van der Waals surface area contributed by atoms with Gasteiger partial charge in [-0.05, 0) is 30.2 Å². The van der Waals surface area contributed by atoms with Crippen molar-refractivity contribution in [2.24, 2.45) is 0 Å². The lowest BCUT2D eigenvalue weighted by molar-refractivity contribution is 0.589. The topological polar surface area (TPSA) is 49.6 Å². The molecule has 0 aliphatic heterocycles. The highest BCUT2D eigenvalue weighted by Crippen LogP contribution is 2.37. The van der Waals surface area contributed by atoms with Gasteiger partial charge >= 0.3 is 0 Å². The highest BCUT2D eigenvalue weighted by Gasteiger charge is 2.21. The first-order chi connectivity index (χ1) is 11.1. The van der Waals surface area contributed by atoms with E-state index in [-0.39, 0.29) is 16.8 Å². The van der Waals surface area contributed by atoms with E-state index < -0.39 is 11.6 Å². The molecule has 23 heavy (non-hydrogen) atoms. The second-order valence-electron chi connectivity index (χ2n) is 5.01. The number of benzene rings is 2. The quantitative estimate of drug-likeness (QED) is 0.710. The van der Waals surface area contributed by atoms with E-state index in [9.17, 15) is 14.0 Å². The van der Waals surface area contributed by atoms with Gasteiger partial charge < -0.3 is 0 Å². The first-order valence-corrected chi connectivity index (χ1v) is 6.89. The third kappa shape index (κ3) is 2.55. The van der Waals surface area contributed by atoms with E-state index in [2.05, 4.69) is 10.2 Å². The van der Waals surface area contributed by atoms with Crippen LogP contribution in [0.25, 0.3) is 22.3 Å². The largest absolute Gasteiger partial charge is 0.206 e. The smallest absolute Gasteiger partial charge is 0.171 e. The molecule has 0 bridgehead atoms. The van der Waals surface area contributed by atoms with Crippen molar-refractivity contribution in [2.45, 2.75) is 6.92 Å². The highest BCUT2D eigenvalue weighted by atomic mass is 19.1. The van der Waals surface area contributed by atoms with Crippen LogP contribution in [-0.2, 0) is 0 Å². The van der Waals surface area contributed by atoms with Gasteiger partial charge in [0.2, 0.25) is 0 Å². The Bertz CT molecular complexity index is 910. The minimum atomic E-state index is -0.746. The maximum atomic E-state index is 14.3. The van der Waals surface area contributed by atoms with Crippen LogP contribution in [0.4, 0.5) is 8.78 Å². The summed E-state index contributed by atoms with van der Waals surface area (Å²) < 4.78 is 28.5. The molecule has 3 aromatic rings. The van der Waals surface area contributed by atoms with E-state index in [4.69, 9.17) is 0 Å². The van der Waals surface area contributed by atoms with Crippen molar-refractivity contribution in [3.05, 3.63) is 71.6 Å². The molecule has 1 heterocycles. The lowest BCUT2D eigenvalue weighted by Crippen LogP contribution is -2.00. The van der Waals surface area contributed by atoms with Crippen LogP contribution >= 0.6 is 0 Å². The van der Waals surface area contributed by atoms with Crippen LogP contribution < -0.4 is 0 Å². The molecule has 0 fully saturated rings. The monoisotopic (exact) mass is 307 g/mol. The predicted molar refractivity (Wildman–Crippen MR) is 82.3 cm³/mol. The van der Waals surface area contributed by atoms with Crippen LogP contribution in [0.15, 0.2) is 48.7 Å². The Morgan fingerprint density at radius 1 is 0.913 bits per heavy atom. The number of hydrogen-bond donors (Lipinski definition) is 0. The number of nitrogens with zero attached hydrogens (tertiary/aromatic N) is 3. The second kappa shape index (κ2) is 5.93. The molecule has 0 atom stereocenters. The Labute approximate surface area is 131 Å². The molecule has 3 rings (SSSR count). The van der Waals surface area contributed by atoms with Crippen LogP contribution in [0.5, 0.6) is 0 Å². The molecule has 5 heteroatoms. The molecular formula is C18H11F2N3. The fourth-order valence-electron chi connectivity index (χ4n) is 2.53. The van der Waals surface area contributed by atoms with Crippen LogP contribution in [-0.4, -0.2) is 10.2 Å². The number of aromatic nitrogens is 2. The molecule has 0 unspecified atom stereocenters. The summed E-state index contributed by atoms with van der Waals surface area (Å²) in [5.41, 5.74) is 1.86. The molecule has 2 aromatic carbocycles. The lowest BCUT2D eigenvalue weighted by atomic mass is 9.92. The van der Waals surface area contributed by atoms with Crippen molar-refractivity contribution < 1.29 is 8.78 Å². The SMILES string of the molecule is Cc1ccccc1-c1cnnc(C#N)c1-c1c(F)cccc1F. The summed E-state index contributed by atoms with van der Waals surface area (Å²) in [4.78, 5) is 0. The van der Waals surface area contributed by atoms with E-state index in [0.717, 1.165) is 23.3 Å². The molecule has 0 amide bonds. The van der Waals surface area contributed by atoms with Crippen molar-refractivity contribution in [2.75, 3.05) is 0 Å². The third-order valence-corrected chi connectivity index (χ3v) is 3.60. The zero-order valence-corrected chi connectivity index (χ0v) is 12.2. The summed E-state index contributed by atoms with van der Waals surface area (Å²) >= 11 is 0. The van der Waals surface area contributed by atoms with Gasteiger partial charge in [0.25, 0.3) is 0 Å². The minimum absolute atomic E-state index is 0.116. The Kier molecular flexibility index (Phi) is 3.82. The maximum Gasteiger partial charge on any atom is 0.171 e. The molecule has 112 valence electrons. The third-order valence-electron chi connectivity index (χ3n) is 3.60. The van der Waals surface area contributed by atoms with Gasteiger partial charge in [-0.1, -0.05) is 30.3 Å². The molecule has 0 radical (unpaired) electrons. The van der Waals surface area contributed by atoms with E-state index in [0.29, 0.717) is 5.56 Å². The molecule has 0 aliphatic carbocycles. The van der Waals surface area contributed by atoms with Gasteiger partial charge in [-0.2, -0.15) is 10.4 Å². The van der Waals surface area contributed by atoms with Gasteiger partial charge in [-0.25, -0.2) is 8.78 Å². The zero-order valence-electron chi connectivity index (χ0n) is 12.2. The number of nitriles is 1. The number of rotatable bonds is 2. The zero-order chi connectivity index (χ0) is 16.4. The first-order valence-electron chi connectivity index (χ1n) is 6.89. The lowest BCUT2D eigenvalue weighted by Gasteiger charge is -2.13. The fourth-order valence-corrected chi connectivity index (χ4v) is 2.53. The van der Waals surface area contributed by atoms with Gasteiger partial charge in [0.1, 0.15) is 17.7 Å². The molecule has 0 spiro atoms. The second-order valence-corrected chi connectivity index (χ2v) is 5.01. The first kappa shape index (κ1) is 14.8. The van der Waals surface area contributed by atoms with E-state index in [1.807, 2.05) is 37.3 Å². The Morgan fingerprint density at radius 2 is 1.61 bits per heavy atom. The minimum Gasteiger partial charge on any atom is -0.206 e. The van der Waals surface area contributed by atoms with Gasteiger partial charge in [-0.3, -0.25) is 0 Å². The predicted octanol–water partition coefficient (Wildman–Crippen LogP) is 4.27. The van der Waals surface area contributed by atoms with Crippen LogP contribution in [0.3, 0.4) is 0 Å². The normalized spacial score (nSPS) is 10.3. The average molecular weight is 307 g/mol. The Morgan fingerprint density at radius 3 is 2.26 bits per heavy atom. The summed E-state index contributed by atoms with van der Waals surface area (Å²) in [7, 11) is 0. The number of aryl methyl sites for hydroxylation is 1. The fraction of sp³-hybridized carbons (Fsp3) is 0.0556. The Hall–Kier alpha value is -3.13. The molecule has 0 aliphatic rings. The van der Waals surface area contributed by atoms with Crippen molar-refractivity contribution in [3.63, 3.8) is 0 Å². The van der Waals surface area contributed by atoms with Gasteiger partial charge in [0.15, 0.2) is 5.69 Å². The summed E-state index contributed by atoms with van der Waals surface area (Å²) in [5.74, 6) is -1.49. The van der Waals surface area contributed by atoms with Crippen LogP contribution in [0, 0.1) is 29.9 Å².